The summed E-state index contributed by atoms with van der Waals surface area (Å²) in [6, 6.07) is 10.7. The van der Waals surface area contributed by atoms with Crippen molar-refractivity contribution < 1.29 is 18.3 Å². The number of benzene rings is 1. The molecule has 2 heterocycles. The molecule has 2 aliphatic carbocycles. The van der Waals surface area contributed by atoms with Gasteiger partial charge in [0.25, 0.3) is 0 Å². The van der Waals surface area contributed by atoms with Crippen LogP contribution >= 0.6 is 0 Å². The third kappa shape index (κ3) is 4.39. The number of aromatic nitrogens is 2. The summed E-state index contributed by atoms with van der Waals surface area (Å²) in [5.41, 5.74) is 1.43. The molecule has 0 bridgehead atoms. The van der Waals surface area contributed by atoms with Gasteiger partial charge in [-0.15, -0.1) is 0 Å². The zero-order valence-electron chi connectivity index (χ0n) is 21.1. The Morgan fingerprint density at radius 3 is 2.22 bits per heavy atom. The lowest BCUT2D eigenvalue weighted by Crippen LogP contribution is -2.57. The smallest absolute Gasteiger partial charge is 0.361 e. The molecule has 9 heteroatoms. The van der Waals surface area contributed by atoms with Crippen LogP contribution in [0.4, 0.5) is 18.9 Å². The maximum atomic E-state index is 13.0. The van der Waals surface area contributed by atoms with E-state index in [4.69, 9.17) is 0 Å². The number of hydrogen-bond acceptors (Lipinski definition) is 6. The van der Waals surface area contributed by atoms with E-state index in [1.807, 2.05) is 6.07 Å². The quantitative estimate of drug-likeness (QED) is 0.608. The first-order chi connectivity index (χ1) is 17.2. The Labute approximate surface area is 211 Å². The van der Waals surface area contributed by atoms with E-state index < -0.39 is 18.4 Å². The van der Waals surface area contributed by atoms with Crippen LogP contribution in [-0.4, -0.2) is 63.4 Å². The van der Waals surface area contributed by atoms with E-state index in [-0.39, 0.29) is 11.1 Å². The van der Waals surface area contributed by atoms with Crippen LogP contribution in [0.1, 0.15) is 63.3 Å². The summed E-state index contributed by atoms with van der Waals surface area (Å²) in [5.74, 6) is -0.603. The minimum Gasteiger partial charge on any atom is -0.361 e. The first kappa shape index (κ1) is 25.4. The van der Waals surface area contributed by atoms with Crippen LogP contribution in [0.25, 0.3) is 0 Å². The SMILES string of the molecule is CCN(C)C1(c2ccccc2)CCC2(CC1)CN(c1cnc(C(F)(F)F)nc1)C(O)N2CC1CCC1. The van der Waals surface area contributed by atoms with Crippen molar-refractivity contribution in [3.05, 3.63) is 54.1 Å². The van der Waals surface area contributed by atoms with Gasteiger partial charge in [0, 0.05) is 24.2 Å². The Morgan fingerprint density at radius 2 is 1.69 bits per heavy atom. The minimum atomic E-state index is -4.59. The number of alkyl halides is 3. The fraction of sp³-hybridized carbons (Fsp3) is 0.630. The van der Waals surface area contributed by atoms with Gasteiger partial charge < -0.3 is 10.0 Å². The van der Waals surface area contributed by atoms with E-state index >= 15 is 0 Å². The zero-order valence-corrected chi connectivity index (χ0v) is 21.1. The number of anilines is 1. The van der Waals surface area contributed by atoms with Crippen molar-refractivity contribution in [3.63, 3.8) is 0 Å². The first-order valence-electron chi connectivity index (χ1n) is 13.1. The predicted molar refractivity (Wildman–Crippen MR) is 132 cm³/mol. The highest BCUT2D eigenvalue weighted by molar-refractivity contribution is 5.45. The van der Waals surface area contributed by atoms with Crippen LogP contribution in [0.5, 0.6) is 0 Å². The van der Waals surface area contributed by atoms with Crippen molar-refractivity contribution in [1.82, 2.24) is 19.8 Å². The largest absolute Gasteiger partial charge is 0.451 e. The molecule has 2 aromatic rings. The number of nitrogens with zero attached hydrogens (tertiary/aromatic N) is 5. The third-order valence-corrected chi connectivity index (χ3v) is 9.06. The monoisotopic (exact) mass is 503 g/mol. The molecule has 36 heavy (non-hydrogen) atoms. The summed E-state index contributed by atoms with van der Waals surface area (Å²) in [7, 11) is 2.19. The Bertz CT molecular complexity index is 1020. The average molecular weight is 504 g/mol. The number of hydrogen-bond donors (Lipinski definition) is 1. The van der Waals surface area contributed by atoms with Gasteiger partial charge in [-0.3, -0.25) is 9.80 Å². The number of halogens is 3. The molecule has 5 rings (SSSR count). The Kier molecular flexibility index (Phi) is 6.76. The molecule has 0 amide bonds. The number of rotatable bonds is 6. The lowest BCUT2D eigenvalue weighted by molar-refractivity contribution is -0.145. The van der Waals surface area contributed by atoms with Gasteiger partial charge in [0.1, 0.15) is 0 Å². The molecule has 1 unspecified atom stereocenters. The third-order valence-electron chi connectivity index (χ3n) is 9.06. The summed E-state index contributed by atoms with van der Waals surface area (Å²) in [5, 5.41) is 11.5. The van der Waals surface area contributed by atoms with Crippen molar-refractivity contribution in [3.8, 4) is 0 Å². The molecule has 2 saturated carbocycles. The summed E-state index contributed by atoms with van der Waals surface area (Å²) in [4.78, 5) is 13.6. The van der Waals surface area contributed by atoms with Gasteiger partial charge in [-0.2, -0.15) is 13.2 Å². The maximum absolute atomic E-state index is 13.0. The van der Waals surface area contributed by atoms with Crippen molar-refractivity contribution in [1.29, 1.82) is 0 Å². The molecule has 3 aliphatic rings. The molecule has 3 fully saturated rings. The second-order valence-electron chi connectivity index (χ2n) is 10.8. The second-order valence-corrected chi connectivity index (χ2v) is 10.8. The summed E-state index contributed by atoms with van der Waals surface area (Å²) in [6.07, 6.45) is 4.14. The topological polar surface area (TPSA) is 55.7 Å². The van der Waals surface area contributed by atoms with E-state index in [9.17, 15) is 18.3 Å². The molecule has 1 aromatic carbocycles. The van der Waals surface area contributed by atoms with Crippen molar-refractivity contribution in [2.75, 3.05) is 31.6 Å². The molecule has 6 nitrogen and oxygen atoms in total. The first-order valence-corrected chi connectivity index (χ1v) is 13.1. The highest BCUT2D eigenvalue weighted by atomic mass is 19.4. The molecule has 1 N–H and O–H groups in total. The molecular weight excluding hydrogens is 467 g/mol. The molecule has 1 aromatic heterocycles. The Hall–Kier alpha value is -2.23. The van der Waals surface area contributed by atoms with E-state index in [2.05, 4.69) is 58.0 Å². The van der Waals surface area contributed by atoms with Crippen LogP contribution in [0.15, 0.2) is 42.7 Å². The predicted octanol–water partition coefficient (Wildman–Crippen LogP) is 4.85. The summed E-state index contributed by atoms with van der Waals surface area (Å²) < 4.78 is 39.1. The fourth-order valence-electron chi connectivity index (χ4n) is 6.50. The van der Waals surface area contributed by atoms with Gasteiger partial charge >= 0.3 is 6.18 Å². The summed E-state index contributed by atoms with van der Waals surface area (Å²) in [6.45, 7) is 4.48. The summed E-state index contributed by atoms with van der Waals surface area (Å²) >= 11 is 0. The highest BCUT2D eigenvalue weighted by Crippen LogP contribution is 2.51. The molecule has 1 aliphatic heterocycles. The van der Waals surface area contributed by atoms with E-state index in [0.29, 0.717) is 18.2 Å². The normalized spacial score (nSPS) is 29.8. The van der Waals surface area contributed by atoms with E-state index in [1.165, 1.54) is 24.4 Å². The molecule has 1 spiro atoms. The van der Waals surface area contributed by atoms with Crippen molar-refractivity contribution in [2.45, 2.75) is 75.5 Å². The maximum Gasteiger partial charge on any atom is 0.451 e. The van der Waals surface area contributed by atoms with Crippen LogP contribution in [0.2, 0.25) is 0 Å². The number of aliphatic hydroxyl groups is 1. The van der Waals surface area contributed by atoms with Crippen molar-refractivity contribution in [2.24, 2.45) is 5.92 Å². The lowest BCUT2D eigenvalue weighted by Gasteiger charge is -2.52. The van der Waals surface area contributed by atoms with Gasteiger partial charge in [0.2, 0.25) is 5.82 Å². The van der Waals surface area contributed by atoms with Gasteiger partial charge in [-0.05, 0) is 63.6 Å². The standard InChI is InChI=1S/C27H36F3N5O/c1-3-33(2)26(21-10-5-4-6-11-21)14-12-25(13-15-26)19-34(24(36)35(25)18-20-8-7-9-20)22-16-31-23(32-17-22)27(28,29)30/h4-6,10-11,16-17,20,24,36H,3,7-9,12-15,18-19H2,1-2H3. The Morgan fingerprint density at radius 1 is 1.06 bits per heavy atom. The van der Waals surface area contributed by atoms with Crippen molar-refractivity contribution >= 4 is 5.69 Å². The molecule has 1 atom stereocenters. The van der Waals surface area contributed by atoms with Crippen LogP contribution < -0.4 is 4.90 Å². The van der Waals surface area contributed by atoms with Gasteiger partial charge in [-0.25, -0.2) is 9.97 Å². The zero-order chi connectivity index (χ0) is 25.6. The minimum absolute atomic E-state index is 0.0702. The molecule has 196 valence electrons. The highest BCUT2D eigenvalue weighted by Gasteiger charge is 2.55. The van der Waals surface area contributed by atoms with Crippen LogP contribution in [0.3, 0.4) is 0 Å². The average Bonchev–Trinajstić information content (AvgIpc) is 3.12. The van der Waals surface area contributed by atoms with Gasteiger partial charge in [0.05, 0.1) is 18.1 Å². The van der Waals surface area contributed by atoms with E-state index in [1.54, 1.807) is 4.90 Å². The number of aliphatic hydroxyl groups excluding tert-OH is 1. The molecule has 1 saturated heterocycles. The second kappa shape index (κ2) is 9.58. The van der Waals surface area contributed by atoms with Crippen LogP contribution in [0, 0.1) is 5.92 Å². The Balaban J connectivity index is 1.43. The fourth-order valence-corrected chi connectivity index (χ4v) is 6.50. The lowest BCUT2D eigenvalue weighted by atomic mass is 9.68. The van der Waals surface area contributed by atoms with Gasteiger partial charge in [0.15, 0.2) is 6.35 Å². The molecular formula is C27H36F3N5O. The van der Waals surface area contributed by atoms with Crippen LogP contribution in [-0.2, 0) is 11.7 Å². The van der Waals surface area contributed by atoms with E-state index in [0.717, 1.165) is 51.6 Å². The van der Waals surface area contributed by atoms with Gasteiger partial charge in [-0.1, -0.05) is 43.7 Å². The molecule has 0 radical (unpaired) electrons.